The highest BCUT2D eigenvalue weighted by Crippen LogP contribution is 2.35. The smallest absolute Gasteiger partial charge is 0.317 e. The molecule has 6 nitrogen and oxygen atoms in total. The second-order valence-corrected chi connectivity index (χ2v) is 7.89. The van der Waals surface area contributed by atoms with Crippen molar-refractivity contribution in [2.24, 2.45) is 0 Å². The Morgan fingerprint density at radius 2 is 1.92 bits per heavy atom. The number of halogens is 1. The Hall–Kier alpha value is -1.79. The van der Waals surface area contributed by atoms with Crippen LogP contribution in [-0.4, -0.2) is 54.7 Å². The van der Waals surface area contributed by atoms with Gasteiger partial charge in [-0.25, -0.2) is 4.79 Å². The van der Waals surface area contributed by atoms with Gasteiger partial charge in [-0.15, -0.1) is 0 Å². The zero-order valence-electron chi connectivity index (χ0n) is 14.7. The van der Waals surface area contributed by atoms with E-state index in [1.165, 1.54) is 0 Å². The normalized spacial score (nSPS) is 25.1. The van der Waals surface area contributed by atoms with Crippen LogP contribution in [0.1, 0.15) is 32.1 Å². The monoisotopic (exact) mass is 377 g/mol. The molecule has 0 saturated carbocycles. The van der Waals surface area contributed by atoms with E-state index >= 15 is 0 Å². The Morgan fingerprint density at radius 1 is 1.19 bits per heavy atom. The average Bonchev–Trinajstić information content (AvgIpc) is 3.23. The van der Waals surface area contributed by atoms with Gasteiger partial charge in [0.25, 0.3) is 0 Å². The Kier molecular flexibility index (Phi) is 4.80. The molecule has 3 saturated heterocycles. The molecule has 0 radical (unpaired) electrons. The summed E-state index contributed by atoms with van der Waals surface area (Å²) in [6.07, 6.45) is 4.36. The minimum Gasteiger partial charge on any atom is -0.375 e. The number of urea groups is 1. The summed E-state index contributed by atoms with van der Waals surface area (Å²) in [7, 11) is 0. The maximum absolute atomic E-state index is 12.6. The quantitative estimate of drug-likeness (QED) is 0.862. The van der Waals surface area contributed by atoms with E-state index in [2.05, 4.69) is 5.32 Å². The van der Waals surface area contributed by atoms with E-state index in [0.717, 1.165) is 38.0 Å². The lowest BCUT2D eigenvalue weighted by Gasteiger charge is -2.38. The number of hydrogen-bond donors (Lipinski definition) is 1. The number of rotatable bonds is 2. The number of hydrogen-bond acceptors (Lipinski definition) is 3. The van der Waals surface area contributed by atoms with Crippen molar-refractivity contribution in [3.05, 3.63) is 29.3 Å². The van der Waals surface area contributed by atoms with Crippen LogP contribution in [0.25, 0.3) is 0 Å². The number of piperidine rings is 1. The molecule has 3 aliphatic rings. The number of nitrogens with one attached hydrogen (secondary N) is 1. The maximum Gasteiger partial charge on any atom is 0.317 e. The van der Waals surface area contributed by atoms with Gasteiger partial charge in [-0.2, -0.15) is 0 Å². The van der Waals surface area contributed by atoms with Crippen molar-refractivity contribution in [1.29, 1.82) is 0 Å². The molecule has 7 heteroatoms. The lowest BCUT2D eigenvalue weighted by molar-refractivity contribution is -0.117. The van der Waals surface area contributed by atoms with Crippen LogP contribution in [0.4, 0.5) is 10.5 Å². The summed E-state index contributed by atoms with van der Waals surface area (Å²) in [6, 6.07) is 6.96. The zero-order chi connectivity index (χ0) is 18.1. The molecule has 1 spiro atoms. The number of carbonyl (C=O) groups is 2. The largest absolute Gasteiger partial charge is 0.375 e. The molecule has 0 bridgehead atoms. The lowest BCUT2D eigenvalue weighted by atomic mass is 9.89. The van der Waals surface area contributed by atoms with Crippen molar-refractivity contribution in [1.82, 2.24) is 10.2 Å². The molecule has 3 fully saturated rings. The van der Waals surface area contributed by atoms with Gasteiger partial charge in [0.05, 0.1) is 11.6 Å². The molecule has 0 aromatic heterocycles. The summed E-state index contributed by atoms with van der Waals surface area (Å²) < 4.78 is 5.91. The molecular formula is C19H24ClN3O3. The molecule has 4 rings (SSSR count). The van der Waals surface area contributed by atoms with E-state index in [1.807, 2.05) is 17.0 Å². The third-order valence-corrected chi connectivity index (χ3v) is 5.99. The van der Waals surface area contributed by atoms with Crippen molar-refractivity contribution in [2.45, 2.75) is 43.7 Å². The molecular weight excluding hydrogens is 354 g/mol. The maximum atomic E-state index is 12.6. The first-order valence-electron chi connectivity index (χ1n) is 9.30. The van der Waals surface area contributed by atoms with Crippen LogP contribution in [0.2, 0.25) is 5.02 Å². The van der Waals surface area contributed by atoms with Crippen molar-refractivity contribution >= 4 is 29.2 Å². The van der Waals surface area contributed by atoms with Gasteiger partial charge < -0.3 is 19.9 Å². The highest BCUT2D eigenvalue weighted by Gasteiger charge is 2.40. The molecule has 1 aromatic carbocycles. The Bertz CT molecular complexity index is 678. The van der Waals surface area contributed by atoms with Crippen molar-refractivity contribution in [2.75, 3.05) is 31.1 Å². The SMILES string of the molecule is O=C(N[C@H]1CC(=O)N(c2ccc(Cl)cc2)C1)N1CCC2(CCCO2)CC1. The topological polar surface area (TPSA) is 61.9 Å². The molecule has 3 aliphatic heterocycles. The summed E-state index contributed by atoms with van der Waals surface area (Å²) in [6.45, 7) is 2.77. The fourth-order valence-corrected chi connectivity index (χ4v) is 4.33. The molecule has 0 aliphatic carbocycles. The van der Waals surface area contributed by atoms with Crippen molar-refractivity contribution in [3.63, 3.8) is 0 Å². The first-order valence-corrected chi connectivity index (χ1v) is 9.68. The van der Waals surface area contributed by atoms with E-state index in [0.29, 0.717) is 31.1 Å². The summed E-state index contributed by atoms with van der Waals surface area (Å²) in [5, 5.41) is 3.67. The van der Waals surface area contributed by atoms with Crippen LogP contribution in [0.5, 0.6) is 0 Å². The van der Waals surface area contributed by atoms with Gasteiger partial charge in [-0.1, -0.05) is 11.6 Å². The van der Waals surface area contributed by atoms with Crippen molar-refractivity contribution in [3.8, 4) is 0 Å². The fourth-order valence-electron chi connectivity index (χ4n) is 4.21. The van der Waals surface area contributed by atoms with E-state index in [-0.39, 0.29) is 23.6 Å². The minimum absolute atomic E-state index is 0.00544. The zero-order valence-corrected chi connectivity index (χ0v) is 15.5. The standard InChI is InChI=1S/C19H24ClN3O3/c20-14-2-4-16(5-3-14)23-13-15(12-17(23)24)21-18(25)22-9-7-19(8-10-22)6-1-11-26-19/h2-5,15H,1,6-13H2,(H,21,25)/t15-/m0/s1. The summed E-state index contributed by atoms with van der Waals surface area (Å²) in [5.74, 6) is 0.0228. The van der Waals surface area contributed by atoms with Crippen LogP contribution < -0.4 is 10.2 Å². The molecule has 1 atom stereocenters. The Labute approximate surface area is 158 Å². The van der Waals surface area contributed by atoms with Gasteiger partial charge in [-0.05, 0) is 49.9 Å². The number of nitrogens with zero attached hydrogens (tertiary/aromatic N) is 2. The molecule has 1 aromatic rings. The van der Waals surface area contributed by atoms with E-state index < -0.39 is 0 Å². The molecule has 3 amide bonds. The third kappa shape index (κ3) is 3.53. The highest BCUT2D eigenvalue weighted by atomic mass is 35.5. The fraction of sp³-hybridized carbons (Fsp3) is 0.579. The van der Waals surface area contributed by atoms with Gasteiger partial charge in [0.2, 0.25) is 5.91 Å². The first kappa shape index (κ1) is 17.6. The second-order valence-electron chi connectivity index (χ2n) is 7.45. The number of likely N-dealkylation sites (tertiary alicyclic amines) is 1. The van der Waals surface area contributed by atoms with E-state index in [4.69, 9.17) is 16.3 Å². The van der Waals surface area contributed by atoms with Crippen molar-refractivity contribution < 1.29 is 14.3 Å². The number of ether oxygens (including phenoxy) is 1. The van der Waals surface area contributed by atoms with Crippen LogP contribution in [0.15, 0.2) is 24.3 Å². The predicted molar refractivity (Wildman–Crippen MR) is 99.5 cm³/mol. The lowest BCUT2D eigenvalue weighted by Crippen LogP contribution is -2.52. The summed E-state index contributed by atoms with van der Waals surface area (Å²) >= 11 is 5.91. The van der Waals surface area contributed by atoms with Gasteiger partial charge in [0.15, 0.2) is 0 Å². The summed E-state index contributed by atoms with van der Waals surface area (Å²) in [4.78, 5) is 28.4. The molecule has 140 valence electrons. The van der Waals surface area contributed by atoms with Crippen LogP contribution in [0.3, 0.4) is 0 Å². The van der Waals surface area contributed by atoms with Crippen LogP contribution >= 0.6 is 11.6 Å². The summed E-state index contributed by atoms with van der Waals surface area (Å²) in [5.41, 5.74) is 0.820. The van der Waals surface area contributed by atoms with Gasteiger partial charge in [-0.3, -0.25) is 4.79 Å². The molecule has 1 N–H and O–H groups in total. The molecule has 26 heavy (non-hydrogen) atoms. The Balaban J connectivity index is 1.31. The average molecular weight is 378 g/mol. The molecule has 3 heterocycles. The highest BCUT2D eigenvalue weighted by molar-refractivity contribution is 6.30. The second kappa shape index (κ2) is 7.08. The Morgan fingerprint density at radius 3 is 2.58 bits per heavy atom. The third-order valence-electron chi connectivity index (χ3n) is 5.74. The minimum atomic E-state index is -0.163. The number of benzene rings is 1. The van der Waals surface area contributed by atoms with Crippen LogP contribution in [-0.2, 0) is 9.53 Å². The van der Waals surface area contributed by atoms with Crippen LogP contribution in [0, 0.1) is 0 Å². The number of anilines is 1. The molecule has 0 unspecified atom stereocenters. The number of amides is 3. The van der Waals surface area contributed by atoms with E-state index in [1.54, 1.807) is 17.0 Å². The number of carbonyl (C=O) groups excluding carboxylic acids is 2. The van der Waals surface area contributed by atoms with Gasteiger partial charge in [0.1, 0.15) is 0 Å². The van der Waals surface area contributed by atoms with E-state index in [9.17, 15) is 9.59 Å². The van der Waals surface area contributed by atoms with Gasteiger partial charge >= 0.3 is 6.03 Å². The predicted octanol–water partition coefficient (Wildman–Crippen LogP) is 2.80. The van der Waals surface area contributed by atoms with Gasteiger partial charge in [0, 0.05) is 43.4 Å². The first-order chi connectivity index (χ1) is 12.5.